The van der Waals surface area contributed by atoms with E-state index in [-0.39, 0.29) is 5.91 Å². The molecule has 0 spiro atoms. The fraction of sp³-hybridized carbons (Fsp3) is 0.417. The molecule has 1 saturated heterocycles. The largest absolute Gasteiger partial charge is 0.466 e. The van der Waals surface area contributed by atoms with Gasteiger partial charge in [-0.25, -0.2) is 9.97 Å². The molecular weight excluding hydrogens is 438 g/mol. The average molecular weight is 466 g/mol. The van der Waals surface area contributed by atoms with E-state index >= 15 is 0 Å². The van der Waals surface area contributed by atoms with Crippen LogP contribution < -0.4 is 5.32 Å². The highest BCUT2D eigenvalue weighted by molar-refractivity contribution is 7.14. The van der Waals surface area contributed by atoms with E-state index in [1.807, 2.05) is 25.3 Å². The summed E-state index contributed by atoms with van der Waals surface area (Å²) in [6.07, 6.45) is 2.51. The third kappa shape index (κ3) is 4.43. The molecule has 1 aliphatic heterocycles. The Kier molecular flexibility index (Phi) is 5.76. The first-order valence-electron chi connectivity index (χ1n) is 11.2. The van der Waals surface area contributed by atoms with Crippen LogP contribution in [0.4, 0.5) is 5.13 Å². The Balaban J connectivity index is 1.41. The van der Waals surface area contributed by atoms with E-state index < -0.39 is 0 Å². The molecule has 172 valence electrons. The molecule has 1 atom stereocenters. The number of fused-ring (bicyclic) bond motifs is 1. The monoisotopic (exact) mass is 465 g/mol. The van der Waals surface area contributed by atoms with E-state index in [1.165, 1.54) is 24.2 Å². The number of carbonyl (C=O) groups is 1. The maximum absolute atomic E-state index is 13.3. The van der Waals surface area contributed by atoms with E-state index in [0.717, 1.165) is 42.4 Å². The molecule has 4 aromatic heterocycles. The Labute approximate surface area is 196 Å². The first kappa shape index (κ1) is 21.8. The minimum atomic E-state index is -0.264. The third-order valence-corrected chi connectivity index (χ3v) is 6.88. The van der Waals surface area contributed by atoms with Crippen molar-refractivity contribution in [3.05, 3.63) is 46.0 Å². The predicted octanol–water partition coefficient (Wildman–Crippen LogP) is 5.35. The quantitative estimate of drug-likeness (QED) is 0.424. The minimum Gasteiger partial charge on any atom is -0.466 e. The number of likely N-dealkylation sites (tertiary alicyclic amines) is 1. The summed E-state index contributed by atoms with van der Waals surface area (Å²) in [4.78, 5) is 25.0. The Bertz CT molecular complexity index is 1320. The van der Waals surface area contributed by atoms with Gasteiger partial charge < -0.3 is 8.94 Å². The minimum absolute atomic E-state index is 0.264. The van der Waals surface area contributed by atoms with Gasteiger partial charge >= 0.3 is 0 Å². The SMILES string of the molecule is Cc1cc(-c2cc(C(=O)Nc3nc(CN4CCC[C@@H](C)C4)cs3)c3c(C)noc3n2)c(C)o1. The molecule has 0 radical (unpaired) electrons. The standard InChI is InChI=1S/C24H27N5O3S/c1-13-6-5-7-29(10-13)11-17-12-33-24(25-17)27-22(30)19-9-20(18-8-14(2)31-16(18)4)26-23-21(19)15(3)28-32-23/h8-9,12-13H,5-7,10-11H2,1-4H3,(H,25,27,30)/t13-/m1/s1. The molecule has 0 aromatic carbocycles. The highest BCUT2D eigenvalue weighted by Gasteiger charge is 2.22. The van der Waals surface area contributed by atoms with E-state index in [4.69, 9.17) is 8.94 Å². The van der Waals surface area contributed by atoms with Gasteiger partial charge in [0.05, 0.1) is 28.0 Å². The lowest BCUT2D eigenvalue weighted by Gasteiger charge is -2.30. The molecule has 0 saturated carbocycles. The molecule has 9 heteroatoms. The van der Waals surface area contributed by atoms with Crippen LogP contribution in [0.3, 0.4) is 0 Å². The lowest BCUT2D eigenvalue weighted by atomic mass is 10.0. The van der Waals surface area contributed by atoms with Crippen LogP contribution in [-0.4, -0.2) is 39.0 Å². The highest BCUT2D eigenvalue weighted by atomic mass is 32.1. The van der Waals surface area contributed by atoms with Crippen molar-refractivity contribution in [2.45, 2.75) is 47.1 Å². The van der Waals surface area contributed by atoms with Gasteiger partial charge in [0, 0.05) is 24.0 Å². The lowest BCUT2D eigenvalue weighted by molar-refractivity contribution is 0.102. The van der Waals surface area contributed by atoms with E-state index in [9.17, 15) is 4.79 Å². The molecule has 1 amide bonds. The molecule has 5 rings (SSSR count). The topological polar surface area (TPSA) is 97.3 Å². The van der Waals surface area contributed by atoms with E-state index in [1.54, 1.807) is 13.0 Å². The lowest BCUT2D eigenvalue weighted by Crippen LogP contribution is -2.33. The number of amides is 1. The van der Waals surface area contributed by atoms with Crippen LogP contribution in [-0.2, 0) is 6.54 Å². The summed E-state index contributed by atoms with van der Waals surface area (Å²) in [5.41, 5.74) is 3.81. The van der Waals surface area contributed by atoms with Crippen LogP contribution in [0.15, 0.2) is 26.5 Å². The number of rotatable bonds is 5. The van der Waals surface area contributed by atoms with Gasteiger partial charge in [-0.15, -0.1) is 11.3 Å². The number of hydrogen-bond acceptors (Lipinski definition) is 8. The predicted molar refractivity (Wildman–Crippen MR) is 127 cm³/mol. The number of furan rings is 1. The summed E-state index contributed by atoms with van der Waals surface area (Å²) in [5.74, 6) is 1.97. The molecule has 1 fully saturated rings. The summed E-state index contributed by atoms with van der Waals surface area (Å²) in [5, 5.41) is 10.2. The van der Waals surface area contributed by atoms with Gasteiger partial charge in [0.25, 0.3) is 11.6 Å². The van der Waals surface area contributed by atoms with Crippen molar-refractivity contribution < 1.29 is 13.7 Å². The Hall–Kier alpha value is -3.04. The van der Waals surface area contributed by atoms with E-state index in [0.29, 0.717) is 39.1 Å². The molecule has 1 N–H and O–H groups in total. The molecule has 0 unspecified atom stereocenters. The molecule has 8 nitrogen and oxygen atoms in total. The highest BCUT2D eigenvalue weighted by Crippen LogP contribution is 2.31. The van der Waals surface area contributed by atoms with Crippen molar-refractivity contribution in [1.29, 1.82) is 0 Å². The molecule has 33 heavy (non-hydrogen) atoms. The number of carbonyl (C=O) groups excluding carboxylic acids is 1. The van der Waals surface area contributed by atoms with Crippen LogP contribution in [0, 0.1) is 26.7 Å². The van der Waals surface area contributed by atoms with Crippen molar-refractivity contribution in [2.24, 2.45) is 5.92 Å². The second kappa shape index (κ2) is 8.72. The molecular formula is C24H27N5O3S. The van der Waals surface area contributed by atoms with Crippen LogP contribution in [0.1, 0.15) is 53.0 Å². The van der Waals surface area contributed by atoms with Gasteiger partial charge in [0.2, 0.25) is 0 Å². The fourth-order valence-electron chi connectivity index (χ4n) is 4.56. The van der Waals surface area contributed by atoms with Crippen molar-refractivity contribution in [2.75, 3.05) is 18.4 Å². The van der Waals surface area contributed by atoms with Gasteiger partial charge in [-0.2, -0.15) is 0 Å². The number of anilines is 1. The Morgan fingerprint density at radius 2 is 2.12 bits per heavy atom. The maximum Gasteiger partial charge on any atom is 0.259 e. The smallest absolute Gasteiger partial charge is 0.259 e. The maximum atomic E-state index is 13.3. The zero-order chi connectivity index (χ0) is 23.1. The van der Waals surface area contributed by atoms with Crippen molar-refractivity contribution in [3.63, 3.8) is 0 Å². The van der Waals surface area contributed by atoms with Gasteiger partial charge in [-0.1, -0.05) is 12.1 Å². The van der Waals surface area contributed by atoms with Crippen molar-refractivity contribution in [3.8, 4) is 11.3 Å². The number of hydrogen-bond donors (Lipinski definition) is 1. The molecule has 4 aromatic rings. The number of aromatic nitrogens is 3. The number of thiazole rings is 1. The summed E-state index contributed by atoms with van der Waals surface area (Å²) in [6, 6.07) is 3.67. The summed E-state index contributed by atoms with van der Waals surface area (Å²) < 4.78 is 11.1. The second-order valence-corrected chi connectivity index (χ2v) is 9.77. The third-order valence-electron chi connectivity index (χ3n) is 6.08. The summed E-state index contributed by atoms with van der Waals surface area (Å²) >= 11 is 1.44. The molecule has 1 aliphatic rings. The van der Waals surface area contributed by atoms with Gasteiger partial charge in [0.15, 0.2) is 5.13 Å². The number of nitrogens with zero attached hydrogens (tertiary/aromatic N) is 4. The van der Waals surface area contributed by atoms with Crippen LogP contribution in [0.2, 0.25) is 0 Å². The number of piperidine rings is 1. The summed E-state index contributed by atoms with van der Waals surface area (Å²) in [7, 11) is 0. The van der Waals surface area contributed by atoms with Crippen LogP contribution in [0.25, 0.3) is 22.4 Å². The average Bonchev–Trinajstić information content (AvgIpc) is 3.46. The van der Waals surface area contributed by atoms with Gasteiger partial charge in [-0.05, 0) is 58.2 Å². The zero-order valence-corrected chi connectivity index (χ0v) is 20.1. The number of nitrogens with one attached hydrogen (secondary N) is 1. The first-order valence-corrected chi connectivity index (χ1v) is 12.1. The Morgan fingerprint density at radius 3 is 2.88 bits per heavy atom. The summed E-state index contributed by atoms with van der Waals surface area (Å²) in [6.45, 7) is 10.9. The fourth-order valence-corrected chi connectivity index (χ4v) is 5.25. The second-order valence-electron chi connectivity index (χ2n) is 8.91. The van der Waals surface area contributed by atoms with Crippen molar-refractivity contribution >= 4 is 33.5 Å². The van der Waals surface area contributed by atoms with Gasteiger partial charge in [-0.3, -0.25) is 15.0 Å². The van der Waals surface area contributed by atoms with Crippen LogP contribution >= 0.6 is 11.3 Å². The molecule has 5 heterocycles. The van der Waals surface area contributed by atoms with Gasteiger partial charge in [0.1, 0.15) is 11.5 Å². The zero-order valence-electron chi connectivity index (χ0n) is 19.3. The normalized spacial score (nSPS) is 17.0. The molecule has 0 bridgehead atoms. The van der Waals surface area contributed by atoms with Crippen LogP contribution in [0.5, 0.6) is 0 Å². The van der Waals surface area contributed by atoms with Crippen molar-refractivity contribution in [1.82, 2.24) is 20.0 Å². The number of aryl methyl sites for hydroxylation is 3. The van der Waals surface area contributed by atoms with E-state index in [2.05, 4.69) is 32.3 Å². The Morgan fingerprint density at radius 1 is 1.27 bits per heavy atom. The molecule has 0 aliphatic carbocycles. The number of pyridine rings is 1. The first-order chi connectivity index (χ1) is 15.9.